The summed E-state index contributed by atoms with van der Waals surface area (Å²) in [5.41, 5.74) is 10.2. The molecule has 136 valence electrons. The molecule has 27 heavy (non-hydrogen) atoms. The number of nitrogens with two attached hydrogens (primary N) is 1. The predicted octanol–water partition coefficient (Wildman–Crippen LogP) is 3.47. The quantitative estimate of drug-likeness (QED) is 0.607. The summed E-state index contributed by atoms with van der Waals surface area (Å²) in [7, 11) is 0. The van der Waals surface area contributed by atoms with Gasteiger partial charge in [0.1, 0.15) is 0 Å². The molecule has 3 rings (SSSR count). The fourth-order valence-corrected chi connectivity index (χ4v) is 2.80. The largest absolute Gasteiger partial charge is 0.398 e. The van der Waals surface area contributed by atoms with E-state index < -0.39 is 0 Å². The second kappa shape index (κ2) is 8.14. The van der Waals surface area contributed by atoms with Crippen LogP contribution in [0.25, 0.3) is 0 Å². The second-order valence-corrected chi connectivity index (χ2v) is 6.12. The number of aromatic nitrogens is 1. The van der Waals surface area contributed by atoms with Gasteiger partial charge in [0.05, 0.1) is 0 Å². The summed E-state index contributed by atoms with van der Waals surface area (Å²) >= 11 is 0. The van der Waals surface area contributed by atoms with Gasteiger partial charge in [0.25, 0.3) is 5.91 Å². The number of nitrogens with one attached hydrogen (secondary N) is 2. The number of benzene rings is 2. The van der Waals surface area contributed by atoms with Crippen molar-refractivity contribution >= 4 is 28.9 Å². The maximum atomic E-state index is 12.8. The van der Waals surface area contributed by atoms with Crippen LogP contribution in [0.5, 0.6) is 0 Å². The van der Waals surface area contributed by atoms with Crippen LogP contribution in [0, 0.1) is 0 Å². The zero-order valence-electron chi connectivity index (χ0n) is 14.9. The van der Waals surface area contributed by atoms with E-state index in [2.05, 4.69) is 15.6 Å². The lowest BCUT2D eigenvalue weighted by Gasteiger charge is -2.13. The van der Waals surface area contributed by atoms with E-state index in [1.165, 1.54) is 6.92 Å². The Bertz CT molecular complexity index is 971. The van der Waals surface area contributed by atoms with Crippen LogP contribution in [-0.4, -0.2) is 16.8 Å². The van der Waals surface area contributed by atoms with Crippen LogP contribution in [0.3, 0.4) is 0 Å². The summed E-state index contributed by atoms with van der Waals surface area (Å²) in [5, 5.41) is 5.56. The SMILES string of the molecule is CC(=O)Nc1cccc(NC(=O)c2cccc(N)c2Cc2ccncc2)c1. The van der Waals surface area contributed by atoms with Crippen molar-refractivity contribution in [1.29, 1.82) is 0 Å². The van der Waals surface area contributed by atoms with E-state index in [1.54, 1.807) is 54.9 Å². The number of carbonyl (C=O) groups is 2. The summed E-state index contributed by atoms with van der Waals surface area (Å²) in [6.45, 7) is 1.43. The molecular formula is C21H20N4O2. The first-order chi connectivity index (χ1) is 13.0. The molecule has 0 aliphatic rings. The Labute approximate surface area is 157 Å². The lowest BCUT2D eigenvalue weighted by Crippen LogP contribution is -2.16. The lowest BCUT2D eigenvalue weighted by molar-refractivity contribution is -0.114. The maximum Gasteiger partial charge on any atom is 0.256 e. The molecule has 0 fully saturated rings. The highest BCUT2D eigenvalue weighted by molar-refractivity contribution is 6.06. The number of rotatable bonds is 5. The number of pyridine rings is 1. The van der Waals surface area contributed by atoms with Gasteiger partial charge < -0.3 is 16.4 Å². The van der Waals surface area contributed by atoms with E-state index in [9.17, 15) is 9.59 Å². The zero-order chi connectivity index (χ0) is 19.2. The highest BCUT2D eigenvalue weighted by Gasteiger charge is 2.15. The zero-order valence-corrected chi connectivity index (χ0v) is 14.9. The van der Waals surface area contributed by atoms with Gasteiger partial charge in [-0.3, -0.25) is 14.6 Å². The lowest BCUT2D eigenvalue weighted by atomic mass is 9.98. The standard InChI is InChI=1S/C21H20N4O2/c1-14(26)24-16-4-2-5-17(13-16)25-21(27)18-6-3-7-20(22)19(18)12-15-8-10-23-11-9-15/h2-11,13H,12,22H2,1H3,(H,24,26)(H,25,27). The first kappa shape index (κ1) is 18.1. The van der Waals surface area contributed by atoms with Crippen LogP contribution < -0.4 is 16.4 Å². The molecule has 2 aromatic carbocycles. The Morgan fingerprint density at radius 2 is 1.63 bits per heavy atom. The van der Waals surface area contributed by atoms with Gasteiger partial charge in [-0.05, 0) is 53.6 Å². The van der Waals surface area contributed by atoms with Gasteiger partial charge in [-0.1, -0.05) is 12.1 Å². The molecule has 3 aromatic rings. The highest BCUT2D eigenvalue weighted by atomic mass is 16.2. The number of hydrogen-bond acceptors (Lipinski definition) is 4. The number of nitrogens with zero attached hydrogens (tertiary/aromatic N) is 1. The van der Waals surface area contributed by atoms with Crippen molar-refractivity contribution in [2.45, 2.75) is 13.3 Å². The molecule has 0 spiro atoms. The molecule has 4 N–H and O–H groups in total. The molecule has 2 amide bonds. The van der Waals surface area contributed by atoms with Crippen LogP contribution >= 0.6 is 0 Å². The third-order valence-electron chi connectivity index (χ3n) is 4.03. The van der Waals surface area contributed by atoms with Crippen LogP contribution in [-0.2, 0) is 11.2 Å². The molecule has 1 aromatic heterocycles. The van der Waals surface area contributed by atoms with E-state index in [-0.39, 0.29) is 11.8 Å². The minimum atomic E-state index is -0.258. The Hall–Kier alpha value is -3.67. The predicted molar refractivity (Wildman–Crippen MR) is 107 cm³/mol. The molecule has 0 saturated carbocycles. The molecule has 0 aliphatic carbocycles. The van der Waals surface area contributed by atoms with Crippen LogP contribution in [0.4, 0.5) is 17.1 Å². The van der Waals surface area contributed by atoms with Gasteiger partial charge >= 0.3 is 0 Å². The third-order valence-corrected chi connectivity index (χ3v) is 4.03. The smallest absolute Gasteiger partial charge is 0.256 e. The van der Waals surface area contributed by atoms with E-state index in [1.807, 2.05) is 12.1 Å². The molecule has 6 heteroatoms. The van der Waals surface area contributed by atoms with Crippen molar-refractivity contribution in [1.82, 2.24) is 4.98 Å². The molecule has 0 saturated heterocycles. The number of hydrogen-bond donors (Lipinski definition) is 3. The average Bonchev–Trinajstić information content (AvgIpc) is 2.64. The molecule has 0 radical (unpaired) electrons. The van der Waals surface area contributed by atoms with Gasteiger partial charge in [-0.25, -0.2) is 0 Å². The highest BCUT2D eigenvalue weighted by Crippen LogP contribution is 2.23. The topological polar surface area (TPSA) is 97.1 Å². The molecule has 0 unspecified atom stereocenters. The molecule has 0 bridgehead atoms. The molecule has 1 heterocycles. The van der Waals surface area contributed by atoms with Gasteiger partial charge in [-0.2, -0.15) is 0 Å². The fourth-order valence-electron chi connectivity index (χ4n) is 2.80. The average molecular weight is 360 g/mol. The second-order valence-electron chi connectivity index (χ2n) is 6.12. The summed E-state index contributed by atoms with van der Waals surface area (Å²) in [5.74, 6) is -0.430. The molecule has 0 aliphatic heterocycles. The third kappa shape index (κ3) is 4.70. The summed E-state index contributed by atoms with van der Waals surface area (Å²) in [4.78, 5) is 28.1. The van der Waals surface area contributed by atoms with Crippen molar-refractivity contribution in [3.63, 3.8) is 0 Å². The van der Waals surface area contributed by atoms with E-state index >= 15 is 0 Å². The van der Waals surface area contributed by atoms with Crippen LogP contribution in [0.15, 0.2) is 67.0 Å². The van der Waals surface area contributed by atoms with Crippen molar-refractivity contribution in [2.75, 3.05) is 16.4 Å². The van der Waals surface area contributed by atoms with Gasteiger partial charge in [0, 0.05) is 48.4 Å². The van der Waals surface area contributed by atoms with Gasteiger partial charge in [-0.15, -0.1) is 0 Å². The summed E-state index contributed by atoms with van der Waals surface area (Å²) in [6, 6.07) is 16.1. The number of anilines is 3. The molecule has 6 nitrogen and oxygen atoms in total. The minimum absolute atomic E-state index is 0.172. The van der Waals surface area contributed by atoms with Gasteiger partial charge in [0.2, 0.25) is 5.91 Å². The van der Waals surface area contributed by atoms with Crippen LogP contribution in [0.2, 0.25) is 0 Å². The Morgan fingerprint density at radius 1 is 0.963 bits per heavy atom. The minimum Gasteiger partial charge on any atom is -0.398 e. The summed E-state index contributed by atoms with van der Waals surface area (Å²) < 4.78 is 0. The van der Waals surface area contributed by atoms with Crippen molar-refractivity contribution in [3.05, 3.63) is 83.7 Å². The van der Waals surface area contributed by atoms with Gasteiger partial charge in [0.15, 0.2) is 0 Å². The normalized spacial score (nSPS) is 10.3. The number of nitrogen functional groups attached to an aromatic ring is 1. The Kier molecular flexibility index (Phi) is 5.47. The molecule has 0 atom stereocenters. The Morgan fingerprint density at radius 3 is 2.33 bits per heavy atom. The molecular weight excluding hydrogens is 340 g/mol. The fraction of sp³-hybridized carbons (Fsp3) is 0.0952. The maximum absolute atomic E-state index is 12.8. The van der Waals surface area contributed by atoms with Crippen molar-refractivity contribution in [3.8, 4) is 0 Å². The first-order valence-electron chi connectivity index (χ1n) is 8.48. The Balaban J connectivity index is 1.85. The van der Waals surface area contributed by atoms with Crippen molar-refractivity contribution < 1.29 is 9.59 Å². The van der Waals surface area contributed by atoms with E-state index in [0.717, 1.165) is 11.1 Å². The van der Waals surface area contributed by atoms with E-state index in [0.29, 0.717) is 29.0 Å². The summed E-state index contributed by atoms with van der Waals surface area (Å²) in [6.07, 6.45) is 3.95. The number of carbonyl (C=O) groups excluding carboxylic acids is 2. The van der Waals surface area contributed by atoms with Crippen molar-refractivity contribution in [2.24, 2.45) is 0 Å². The van der Waals surface area contributed by atoms with Crippen LogP contribution in [0.1, 0.15) is 28.4 Å². The van der Waals surface area contributed by atoms with E-state index in [4.69, 9.17) is 5.73 Å². The number of amides is 2. The first-order valence-corrected chi connectivity index (χ1v) is 8.48. The monoisotopic (exact) mass is 360 g/mol.